The molecule has 7 nitrogen and oxygen atoms in total. The quantitative estimate of drug-likeness (QED) is 0.313. The van der Waals surface area contributed by atoms with Gasteiger partial charge in [0.2, 0.25) is 0 Å². The van der Waals surface area contributed by atoms with Gasteiger partial charge in [0.25, 0.3) is 5.91 Å². The highest BCUT2D eigenvalue weighted by atomic mass is 35.5. The van der Waals surface area contributed by atoms with E-state index in [-0.39, 0.29) is 5.91 Å². The van der Waals surface area contributed by atoms with Crippen molar-refractivity contribution in [2.24, 2.45) is 4.99 Å². The molecule has 9 heteroatoms. The lowest BCUT2D eigenvalue weighted by molar-refractivity contribution is -0.115. The number of hydrogen-bond acceptors (Lipinski definition) is 6. The van der Waals surface area contributed by atoms with Crippen molar-refractivity contribution in [2.45, 2.75) is 0 Å². The van der Waals surface area contributed by atoms with Gasteiger partial charge in [0.1, 0.15) is 22.9 Å². The Bertz CT molecular complexity index is 1500. The minimum Gasteiger partial charge on any atom is -0.497 e. The van der Waals surface area contributed by atoms with Crippen molar-refractivity contribution in [3.8, 4) is 28.4 Å². The highest BCUT2D eigenvalue weighted by Crippen LogP contribution is 2.36. The van der Waals surface area contributed by atoms with Gasteiger partial charge < -0.3 is 14.8 Å². The number of amidine groups is 1. The van der Waals surface area contributed by atoms with Gasteiger partial charge in [0, 0.05) is 28.4 Å². The Morgan fingerprint density at radius 1 is 1.03 bits per heavy atom. The molecule has 1 N–H and O–H groups in total. The van der Waals surface area contributed by atoms with Crippen LogP contribution in [0.1, 0.15) is 5.56 Å². The molecule has 1 amide bonds. The second-order valence-corrected chi connectivity index (χ2v) is 9.21. The highest BCUT2D eigenvalue weighted by Gasteiger charge is 2.25. The standard InChI is InChI=1S/C27H21ClN4O3S/c1-34-21-11-12-22(23(15-21)35-2)29-27-30-26(33)24(36-27)14-18-16-32(20-9-4-3-5-10-20)31-25(18)17-7-6-8-19(28)13-17/h3-16H,1-2H3,(H,29,30,33)/b24-14-. The maximum Gasteiger partial charge on any atom is 0.264 e. The van der Waals surface area contributed by atoms with Crippen molar-refractivity contribution in [1.29, 1.82) is 0 Å². The van der Waals surface area contributed by atoms with Crippen LogP contribution in [0.15, 0.2) is 88.9 Å². The third-order valence-corrected chi connectivity index (χ3v) is 6.55. The van der Waals surface area contributed by atoms with Crippen LogP contribution >= 0.6 is 23.4 Å². The first-order valence-corrected chi connectivity index (χ1v) is 12.2. The molecule has 0 atom stereocenters. The number of benzene rings is 3. The number of aromatic nitrogens is 2. The molecule has 1 aliphatic heterocycles. The summed E-state index contributed by atoms with van der Waals surface area (Å²) in [6.45, 7) is 0. The van der Waals surface area contributed by atoms with Crippen molar-refractivity contribution in [3.63, 3.8) is 0 Å². The lowest BCUT2D eigenvalue weighted by atomic mass is 10.1. The number of hydrogen-bond donors (Lipinski definition) is 1. The van der Waals surface area contributed by atoms with Gasteiger partial charge in [-0.25, -0.2) is 9.67 Å². The van der Waals surface area contributed by atoms with Crippen LogP contribution < -0.4 is 14.8 Å². The van der Waals surface area contributed by atoms with Gasteiger partial charge >= 0.3 is 0 Å². The lowest BCUT2D eigenvalue weighted by Gasteiger charge is -2.07. The molecular weight excluding hydrogens is 496 g/mol. The average molecular weight is 517 g/mol. The Balaban J connectivity index is 1.52. The van der Waals surface area contributed by atoms with Crippen molar-refractivity contribution >= 4 is 46.2 Å². The van der Waals surface area contributed by atoms with Crippen LogP contribution in [0.5, 0.6) is 11.5 Å². The molecule has 5 rings (SSSR count). The molecule has 0 radical (unpaired) electrons. The van der Waals surface area contributed by atoms with E-state index in [0.717, 1.165) is 16.8 Å². The first kappa shape index (κ1) is 23.7. The molecule has 0 unspecified atom stereocenters. The van der Waals surface area contributed by atoms with Crippen LogP contribution in [0.3, 0.4) is 0 Å². The van der Waals surface area contributed by atoms with E-state index >= 15 is 0 Å². The maximum atomic E-state index is 12.8. The van der Waals surface area contributed by atoms with Crippen LogP contribution in [0, 0.1) is 0 Å². The number of halogens is 1. The predicted molar refractivity (Wildman–Crippen MR) is 144 cm³/mol. The third-order valence-electron chi connectivity index (χ3n) is 5.41. The average Bonchev–Trinajstić information content (AvgIpc) is 3.48. The molecule has 0 bridgehead atoms. The number of nitrogens with zero attached hydrogens (tertiary/aromatic N) is 3. The number of ether oxygens (including phenoxy) is 2. The minimum atomic E-state index is -0.240. The summed E-state index contributed by atoms with van der Waals surface area (Å²) in [5, 5.41) is 8.69. The summed E-state index contributed by atoms with van der Waals surface area (Å²) >= 11 is 7.50. The Morgan fingerprint density at radius 3 is 2.61 bits per heavy atom. The first-order valence-electron chi connectivity index (χ1n) is 11.0. The van der Waals surface area contributed by atoms with Crippen LogP contribution in [0.4, 0.5) is 5.69 Å². The number of methoxy groups -OCH3 is 2. The number of aliphatic imine (C=N–C) groups is 1. The molecule has 2 heterocycles. The maximum absolute atomic E-state index is 12.8. The number of carbonyl (C=O) groups is 1. The van der Waals surface area contributed by atoms with Crippen molar-refractivity contribution < 1.29 is 14.3 Å². The zero-order valence-corrected chi connectivity index (χ0v) is 21.0. The summed E-state index contributed by atoms with van der Waals surface area (Å²) in [6, 6.07) is 22.6. The van der Waals surface area contributed by atoms with Crippen molar-refractivity contribution in [3.05, 3.63) is 94.5 Å². The normalized spacial score (nSPS) is 15.4. The largest absolute Gasteiger partial charge is 0.497 e. The number of nitrogens with one attached hydrogen (secondary N) is 1. The number of para-hydroxylation sites is 1. The SMILES string of the molecule is COc1ccc(N=C2NC(=O)/C(=C/c3cn(-c4ccccc4)nc3-c3cccc(Cl)c3)S2)c(OC)c1. The molecule has 4 aromatic rings. The second-order valence-electron chi connectivity index (χ2n) is 7.74. The molecule has 0 spiro atoms. The van der Waals surface area contributed by atoms with E-state index in [1.165, 1.54) is 11.8 Å². The lowest BCUT2D eigenvalue weighted by Crippen LogP contribution is -2.19. The van der Waals surface area contributed by atoms with Gasteiger partial charge in [-0.1, -0.05) is 41.9 Å². The van der Waals surface area contributed by atoms with Gasteiger partial charge in [-0.2, -0.15) is 5.10 Å². The molecule has 1 saturated heterocycles. The summed E-state index contributed by atoms with van der Waals surface area (Å²) in [4.78, 5) is 17.9. The molecule has 1 fully saturated rings. The number of amides is 1. The van der Waals surface area contributed by atoms with Crippen LogP contribution in [0.25, 0.3) is 23.0 Å². The minimum absolute atomic E-state index is 0.240. The van der Waals surface area contributed by atoms with E-state index in [0.29, 0.717) is 38.0 Å². The molecule has 0 saturated carbocycles. The summed E-state index contributed by atoms with van der Waals surface area (Å²) < 4.78 is 12.5. The fraction of sp³-hybridized carbons (Fsp3) is 0.0741. The Labute approximate surface area is 217 Å². The van der Waals surface area contributed by atoms with Crippen molar-refractivity contribution in [2.75, 3.05) is 14.2 Å². The summed E-state index contributed by atoms with van der Waals surface area (Å²) in [5.74, 6) is 0.959. The van der Waals surface area contributed by atoms with E-state index < -0.39 is 0 Å². The number of thioether (sulfide) groups is 1. The number of carbonyl (C=O) groups excluding carboxylic acids is 1. The topological polar surface area (TPSA) is 77.7 Å². The van der Waals surface area contributed by atoms with E-state index in [1.54, 1.807) is 37.1 Å². The Kier molecular flexibility index (Phi) is 6.79. The fourth-order valence-electron chi connectivity index (χ4n) is 3.67. The summed E-state index contributed by atoms with van der Waals surface area (Å²) in [5.41, 5.74) is 3.83. The van der Waals surface area contributed by atoms with Crippen LogP contribution in [-0.4, -0.2) is 35.1 Å². The second kappa shape index (κ2) is 10.3. The van der Waals surface area contributed by atoms with Gasteiger partial charge in [-0.15, -0.1) is 0 Å². The van der Waals surface area contributed by atoms with Crippen LogP contribution in [-0.2, 0) is 4.79 Å². The van der Waals surface area contributed by atoms with E-state index in [4.69, 9.17) is 26.2 Å². The smallest absolute Gasteiger partial charge is 0.264 e. The molecular formula is C27H21ClN4O3S. The molecule has 1 aliphatic rings. The van der Waals surface area contributed by atoms with Crippen molar-refractivity contribution in [1.82, 2.24) is 15.1 Å². The fourth-order valence-corrected chi connectivity index (χ4v) is 4.69. The number of rotatable bonds is 6. The third kappa shape index (κ3) is 5.00. The van der Waals surface area contributed by atoms with Gasteiger partial charge in [-0.3, -0.25) is 4.79 Å². The van der Waals surface area contributed by atoms with Gasteiger partial charge in [0.15, 0.2) is 5.17 Å². The zero-order valence-electron chi connectivity index (χ0n) is 19.4. The Morgan fingerprint density at radius 2 is 1.86 bits per heavy atom. The van der Waals surface area contributed by atoms with E-state index in [2.05, 4.69) is 10.3 Å². The monoisotopic (exact) mass is 516 g/mol. The van der Waals surface area contributed by atoms with Gasteiger partial charge in [-0.05, 0) is 54.2 Å². The van der Waals surface area contributed by atoms with Gasteiger partial charge in [0.05, 0.1) is 24.8 Å². The van der Waals surface area contributed by atoms with E-state index in [1.807, 2.05) is 66.9 Å². The first-order chi connectivity index (χ1) is 17.5. The highest BCUT2D eigenvalue weighted by molar-refractivity contribution is 8.18. The molecule has 0 aliphatic carbocycles. The predicted octanol–water partition coefficient (Wildman–Crippen LogP) is 6.10. The molecule has 180 valence electrons. The summed E-state index contributed by atoms with van der Waals surface area (Å²) in [6.07, 6.45) is 3.71. The Hall–Kier alpha value is -4.01. The summed E-state index contributed by atoms with van der Waals surface area (Å²) in [7, 11) is 3.15. The zero-order chi connectivity index (χ0) is 25.1. The molecule has 3 aromatic carbocycles. The molecule has 36 heavy (non-hydrogen) atoms. The molecule has 1 aromatic heterocycles. The van der Waals surface area contributed by atoms with E-state index in [9.17, 15) is 4.79 Å². The van der Waals surface area contributed by atoms with Crippen LogP contribution in [0.2, 0.25) is 5.02 Å².